The standard InChI is InChI=1S/C47H32O/c1-47(2)40-21-11-10-15-32(40)39-27-31(24-26-41(39)47)44-33-16-6-8-18-35(33)45(36-19-9-7-17-34(36)44)38-20-12-22-42-46(38)37-25-23-30(28-43(37)48-42)29-13-4-3-5-14-29/h3-28H,1-2H3. The molecule has 0 amide bonds. The molecule has 0 spiro atoms. The normalized spacial score (nSPS) is 13.4. The van der Waals surface area contributed by atoms with Crippen LogP contribution in [0, 0.1) is 0 Å². The van der Waals surface area contributed by atoms with Crippen molar-refractivity contribution in [3.63, 3.8) is 0 Å². The Balaban J connectivity index is 1.25. The average molecular weight is 613 g/mol. The Morgan fingerprint density at radius 1 is 0.375 bits per heavy atom. The second-order valence-electron chi connectivity index (χ2n) is 13.6. The van der Waals surface area contributed by atoms with Gasteiger partial charge < -0.3 is 4.42 Å². The zero-order valence-corrected chi connectivity index (χ0v) is 26.9. The molecule has 0 atom stereocenters. The smallest absolute Gasteiger partial charge is 0.136 e. The lowest BCUT2D eigenvalue weighted by Crippen LogP contribution is -2.14. The molecule has 0 N–H and O–H groups in total. The molecular formula is C47H32O. The molecule has 9 aromatic rings. The van der Waals surface area contributed by atoms with Gasteiger partial charge in [-0.3, -0.25) is 0 Å². The topological polar surface area (TPSA) is 13.1 Å². The Bertz CT molecular complexity index is 2690. The van der Waals surface area contributed by atoms with Gasteiger partial charge in [0.25, 0.3) is 0 Å². The van der Waals surface area contributed by atoms with Crippen LogP contribution in [0.2, 0.25) is 0 Å². The largest absolute Gasteiger partial charge is 0.456 e. The molecule has 1 heterocycles. The van der Waals surface area contributed by atoms with E-state index in [1.54, 1.807) is 0 Å². The molecule has 1 aromatic heterocycles. The summed E-state index contributed by atoms with van der Waals surface area (Å²) in [6, 6.07) is 57.6. The van der Waals surface area contributed by atoms with E-state index >= 15 is 0 Å². The molecule has 0 unspecified atom stereocenters. The zero-order chi connectivity index (χ0) is 32.0. The summed E-state index contributed by atoms with van der Waals surface area (Å²) in [5.74, 6) is 0. The van der Waals surface area contributed by atoms with Crippen LogP contribution in [0.3, 0.4) is 0 Å². The second kappa shape index (κ2) is 10.0. The molecule has 48 heavy (non-hydrogen) atoms. The van der Waals surface area contributed by atoms with Crippen molar-refractivity contribution in [1.29, 1.82) is 0 Å². The molecule has 0 aliphatic heterocycles. The van der Waals surface area contributed by atoms with Crippen LogP contribution in [0.15, 0.2) is 162 Å². The highest BCUT2D eigenvalue weighted by atomic mass is 16.3. The monoisotopic (exact) mass is 612 g/mol. The van der Waals surface area contributed by atoms with Gasteiger partial charge in [-0.15, -0.1) is 0 Å². The summed E-state index contributed by atoms with van der Waals surface area (Å²) in [5, 5.41) is 7.30. The number of furan rings is 1. The van der Waals surface area contributed by atoms with Crippen molar-refractivity contribution in [2.75, 3.05) is 0 Å². The van der Waals surface area contributed by atoms with Gasteiger partial charge in [0, 0.05) is 16.2 Å². The molecule has 0 radical (unpaired) electrons. The predicted octanol–water partition coefficient (Wildman–Crippen LogP) is 13.2. The minimum absolute atomic E-state index is 0.0215. The van der Waals surface area contributed by atoms with Crippen LogP contribution in [0.1, 0.15) is 25.0 Å². The van der Waals surface area contributed by atoms with Crippen LogP contribution < -0.4 is 0 Å². The van der Waals surface area contributed by atoms with Crippen LogP contribution in [0.25, 0.3) is 88.0 Å². The molecule has 0 bridgehead atoms. The fourth-order valence-corrected chi connectivity index (χ4v) is 8.45. The number of rotatable bonds is 3. The minimum atomic E-state index is -0.0215. The summed E-state index contributed by atoms with van der Waals surface area (Å²) in [6.07, 6.45) is 0. The molecule has 8 aromatic carbocycles. The molecule has 0 fully saturated rings. The van der Waals surface area contributed by atoms with Crippen molar-refractivity contribution in [2.24, 2.45) is 0 Å². The van der Waals surface area contributed by atoms with E-state index in [1.165, 1.54) is 71.6 Å². The lowest BCUT2D eigenvalue weighted by Gasteiger charge is -2.22. The van der Waals surface area contributed by atoms with E-state index in [9.17, 15) is 0 Å². The van der Waals surface area contributed by atoms with Crippen molar-refractivity contribution >= 4 is 43.5 Å². The lowest BCUT2D eigenvalue weighted by molar-refractivity contribution is 0.660. The maximum Gasteiger partial charge on any atom is 0.136 e. The summed E-state index contributed by atoms with van der Waals surface area (Å²) in [7, 11) is 0. The third-order valence-electron chi connectivity index (χ3n) is 10.7. The maximum atomic E-state index is 6.58. The fraction of sp³-hybridized carbons (Fsp3) is 0.0638. The third kappa shape index (κ3) is 3.79. The Kier molecular flexibility index (Phi) is 5.69. The van der Waals surface area contributed by atoms with E-state index in [1.807, 2.05) is 0 Å². The quantitative estimate of drug-likeness (QED) is 0.181. The summed E-state index contributed by atoms with van der Waals surface area (Å²) < 4.78 is 6.58. The molecule has 1 nitrogen and oxygen atoms in total. The molecule has 1 aliphatic rings. The van der Waals surface area contributed by atoms with Crippen LogP contribution in [-0.4, -0.2) is 0 Å². The molecule has 0 saturated heterocycles. The lowest BCUT2D eigenvalue weighted by atomic mass is 9.81. The van der Waals surface area contributed by atoms with Gasteiger partial charge in [-0.05, 0) is 101 Å². The first-order chi connectivity index (χ1) is 23.6. The van der Waals surface area contributed by atoms with E-state index in [-0.39, 0.29) is 5.41 Å². The van der Waals surface area contributed by atoms with Gasteiger partial charge in [0.15, 0.2) is 0 Å². The first kappa shape index (κ1) is 27.2. The predicted molar refractivity (Wildman–Crippen MR) is 203 cm³/mol. The fourth-order valence-electron chi connectivity index (χ4n) is 8.45. The van der Waals surface area contributed by atoms with Crippen molar-refractivity contribution < 1.29 is 4.42 Å². The van der Waals surface area contributed by atoms with Crippen LogP contribution in [0.5, 0.6) is 0 Å². The SMILES string of the molecule is CC1(C)c2ccccc2-c2cc(-c3c4ccccc4c(-c4cccc5oc6cc(-c7ccccc7)ccc6c45)c4ccccc34)ccc21. The van der Waals surface area contributed by atoms with Gasteiger partial charge >= 0.3 is 0 Å². The van der Waals surface area contributed by atoms with Gasteiger partial charge in [-0.2, -0.15) is 0 Å². The Morgan fingerprint density at radius 2 is 0.979 bits per heavy atom. The van der Waals surface area contributed by atoms with Crippen molar-refractivity contribution in [2.45, 2.75) is 19.3 Å². The number of fused-ring (bicyclic) bond motifs is 8. The number of hydrogen-bond acceptors (Lipinski definition) is 1. The highest BCUT2D eigenvalue weighted by molar-refractivity contribution is 6.25. The van der Waals surface area contributed by atoms with Gasteiger partial charge in [-0.25, -0.2) is 0 Å². The van der Waals surface area contributed by atoms with Crippen LogP contribution in [0.4, 0.5) is 0 Å². The second-order valence-corrected chi connectivity index (χ2v) is 13.6. The van der Waals surface area contributed by atoms with E-state index < -0.39 is 0 Å². The Labute approximate surface area is 279 Å². The van der Waals surface area contributed by atoms with Crippen molar-refractivity contribution in [3.05, 3.63) is 169 Å². The van der Waals surface area contributed by atoms with Crippen LogP contribution >= 0.6 is 0 Å². The van der Waals surface area contributed by atoms with E-state index in [2.05, 4.69) is 172 Å². The first-order valence-corrected chi connectivity index (χ1v) is 16.8. The summed E-state index contributed by atoms with van der Waals surface area (Å²) in [6.45, 7) is 4.69. The average Bonchev–Trinajstić information content (AvgIpc) is 3.62. The maximum absolute atomic E-state index is 6.58. The molecule has 226 valence electrons. The molecule has 0 saturated carbocycles. The van der Waals surface area contributed by atoms with Gasteiger partial charge in [0.1, 0.15) is 11.2 Å². The molecule has 1 aliphatic carbocycles. The third-order valence-corrected chi connectivity index (χ3v) is 10.7. The highest BCUT2D eigenvalue weighted by Crippen LogP contribution is 2.52. The number of hydrogen-bond donors (Lipinski definition) is 0. The molecular weight excluding hydrogens is 581 g/mol. The van der Waals surface area contributed by atoms with Crippen molar-refractivity contribution in [3.8, 4) is 44.5 Å². The number of benzene rings is 8. The zero-order valence-electron chi connectivity index (χ0n) is 26.9. The Morgan fingerprint density at radius 3 is 1.73 bits per heavy atom. The summed E-state index contributed by atoms with van der Waals surface area (Å²) >= 11 is 0. The summed E-state index contributed by atoms with van der Waals surface area (Å²) in [4.78, 5) is 0. The van der Waals surface area contributed by atoms with E-state index in [0.717, 1.165) is 27.5 Å². The Hall–Kier alpha value is -5.92. The highest BCUT2D eigenvalue weighted by Gasteiger charge is 2.35. The summed E-state index contributed by atoms with van der Waals surface area (Å²) in [5.41, 5.74) is 14.6. The first-order valence-electron chi connectivity index (χ1n) is 16.8. The molecule has 1 heteroatoms. The van der Waals surface area contributed by atoms with Gasteiger partial charge in [0.05, 0.1) is 0 Å². The molecule has 10 rings (SSSR count). The van der Waals surface area contributed by atoms with Crippen LogP contribution in [-0.2, 0) is 5.41 Å². The van der Waals surface area contributed by atoms with E-state index in [0.29, 0.717) is 0 Å². The van der Waals surface area contributed by atoms with Crippen molar-refractivity contribution in [1.82, 2.24) is 0 Å². The van der Waals surface area contributed by atoms with Gasteiger partial charge in [-0.1, -0.05) is 147 Å². The van der Waals surface area contributed by atoms with E-state index in [4.69, 9.17) is 4.42 Å². The minimum Gasteiger partial charge on any atom is -0.456 e. The van der Waals surface area contributed by atoms with Gasteiger partial charge in [0.2, 0.25) is 0 Å².